The summed E-state index contributed by atoms with van der Waals surface area (Å²) in [4.78, 5) is 22.6. The van der Waals surface area contributed by atoms with Gasteiger partial charge in [-0.2, -0.15) is 0 Å². The number of H-pyrrole nitrogens is 2. The van der Waals surface area contributed by atoms with Gasteiger partial charge in [-0.15, -0.1) is 0 Å². The number of rotatable bonds is 0. The van der Waals surface area contributed by atoms with E-state index in [1.54, 1.807) is 25.1 Å². The van der Waals surface area contributed by atoms with Crippen LogP contribution in [0, 0.1) is 6.92 Å². The molecular weight excluding hydrogens is 168 g/mol. The molecule has 2 N–H and O–H groups in total. The molecule has 4 nitrogen and oxygen atoms in total. The third-order valence-electron chi connectivity index (χ3n) is 2.03. The van der Waals surface area contributed by atoms with Gasteiger partial charge < -0.3 is 0 Å². The smallest absolute Gasteiger partial charge is 0.267 e. The molecule has 1 aromatic heterocycles. The van der Waals surface area contributed by atoms with Crippen LogP contribution >= 0.6 is 0 Å². The zero-order valence-electron chi connectivity index (χ0n) is 7.05. The second-order valence-electron chi connectivity index (χ2n) is 2.91. The summed E-state index contributed by atoms with van der Waals surface area (Å²) in [6, 6.07) is 5.19. The molecule has 0 atom stereocenters. The first-order valence-electron chi connectivity index (χ1n) is 3.90. The minimum atomic E-state index is -0.265. The Morgan fingerprint density at radius 1 is 1.08 bits per heavy atom. The quantitative estimate of drug-likeness (QED) is 0.614. The molecule has 2 rings (SSSR count). The zero-order valence-corrected chi connectivity index (χ0v) is 7.05. The summed E-state index contributed by atoms with van der Waals surface area (Å²) in [5, 5.41) is 5.47. The van der Waals surface area contributed by atoms with Crippen LogP contribution in [0.5, 0.6) is 0 Å². The fourth-order valence-corrected chi connectivity index (χ4v) is 1.40. The van der Waals surface area contributed by atoms with Crippen molar-refractivity contribution in [3.8, 4) is 0 Å². The predicted molar refractivity (Wildman–Crippen MR) is 49.9 cm³/mol. The Morgan fingerprint density at radius 2 is 1.77 bits per heavy atom. The molecule has 0 aliphatic rings. The lowest BCUT2D eigenvalue weighted by Gasteiger charge is -1.97. The number of nitrogens with one attached hydrogen (secondary N) is 2. The lowest BCUT2D eigenvalue weighted by atomic mass is 10.1. The molecule has 0 aliphatic heterocycles. The van der Waals surface area contributed by atoms with Crippen LogP contribution in [0.2, 0.25) is 0 Å². The van der Waals surface area contributed by atoms with E-state index in [0.717, 1.165) is 5.56 Å². The number of hydrogen-bond donors (Lipinski definition) is 2. The van der Waals surface area contributed by atoms with Gasteiger partial charge in [0.05, 0.1) is 10.8 Å². The van der Waals surface area contributed by atoms with Gasteiger partial charge in [-0.05, 0) is 18.6 Å². The number of fused-ring (bicyclic) bond motifs is 1. The highest BCUT2D eigenvalue weighted by atomic mass is 16.1. The average molecular weight is 176 g/mol. The third-order valence-corrected chi connectivity index (χ3v) is 2.03. The summed E-state index contributed by atoms with van der Waals surface area (Å²) in [6.45, 7) is 1.80. The van der Waals surface area contributed by atoms with E-state index in [1.807, 2.05) is 0 Å². The molecule has 0 aliphatic carbocycles. The zero-order chi connectivity index (χ0) is 9.42. The molecule has 1 heterocycles. The van der Waals surface area contributed by atoms with Gasteiger partial charge in [-0.25, -0.2) is 0 Å². The largest absolute Gasteiger partial charge is 0.270 e. The first kappa shape index (κ1) is 7.79. The van der Waals surface area contributed by atoms with E-state index < -0.39 is 0 Å². The Bertz CT molecular complexity index is 566. The molecule has 0 saturated carbocycles. The normalized spacial score (nSPS) is 10.5. The van der Waals surface area contributed by atoms with Crippen LogP contribution in [0.25, 0.3) is 10.8 Å². The lowest BCUT2D eigenvalue weighted by molar-refractivity contribution is 0.975. The van der Waals surface area contributed by atoms with Gasteiger partial charge in [-0.1, -0.05) is 12.1 Å². The van der Waals surface area contributed by atoms with Crippen LogP contribution in [0.15, 0.2) is 27.8 Å². The predicted octanol–water partition coefficient (Wildman–Crippen LogP) is 0.525. The maximum absolute atomic E-state index is 11.3. The highest BCUT2D eigenvalue weighted by Crippen LogP contribution is 2.08. The van der Waals surface area contributed by atoms with Crippen LogP contribution in [-0.4, -0.2) is 10.2 Å². The van der Waals surface area contributed by atoms with Gasteiger partial charge in [0.15, 0.2) is 0 Å². The van der Waals surface area contributed by atoms with E-state index in [0.29, 0.717) is 10.8 Å². The van der Waals surface area contributed by atoms with Crippen LogP contribution in [0.4, 0.5) is 0 Å². The van der Waals surface area contributed by atoms with Crippen molar-refractivity contribution in [2.75, 3.05) is 0 Å². The van der Waals surface area contributed by atoms with E-state index in [1.165, 1.54) is 0 Å². The molecule has 0 fully saturated rings. The van der Waals surface area contributed by atoms with Crippen molar-refractivity contribution in [1.29, 1.82) is 0 Å². The highest BCUT2D eigenvalue weighted by Gasteiger charge is 2.03. The molecule has 13 heavy (non-hydrogen) atoms. The van der Waals surface area contributed by atoms with Gasteiger partial charge in [0.25, 0.3) is 11.1 Å². The minimum Gasteiger partial charge on any atom is -0.267 e. The monoisotopic (exact) mass is 176 g/mol. The van der Waals surface area contributed by atoms with Crippen molar-refractivity contribution < 1.29 is 0 Å². The van der Waals surface area contributed by atoms with Crippen molar-refractivity contribution in [3.05, 3.63) is 44.5 Å². The molecule has 0 bridgehead atoms. The summed E-state index contributed by atoms with van der Waals surface area (Å²) in [5.41, 5.74) is 0.288. The van der Waals surface area contributed by atoms with Gasteiger partial charge in [-0.3, -0.25) is 19.8 Å². The average Bonchev–Trinajstić information content (AvgIpc) is 2.12. The molecule has 0 amide bonds. The van der Waals surface area contributed by atoms with Crippen LogP contribution in [0.3, 0.4) is 0 Å². The first-order chi connectivity index (χ1) is 6.20. The minimum absolute atomic E-state index is 0.257. The van der Waals surface area contributed by atoms with Crippen molar-refractivity contribution in [3.63, 3.8) is 0 Å². The summed E-state index contributed by atoms with van der Waals surface area (Å²) in [6.07, 6.45) is 0. The van der Waals surface area contributed by atoms with Gasteiger partial charge in [0.1, 0.15) is 0 Å². The first-order valence-corrected chi connectivity index (χ1v) is 3.90. The molecule has 0 unspecified atom stereocenters. The van der Waals surface area contributed by atoms with Crippen LogP contribution in [-0.2, 0) is 0 Å². The Labute approximate surface area is 73.2 Å². The number of hydrogen-bond acceptors (Lipinski definition) is 2. The standard InChI is InChI=1S/C9H8N2O2/c1-5-3-2-4-6-7(5)9(13)11-10-8(6)12/h2-4H,1H3,(H,10,12)(H,11,13). The van der Waals surface area contributed by atoms with Gasteiger partial charge in [0.2, 0.25) is 0 Å². The van der Waals surface area contributed by atoms with E-state index in [4.69, 9.17) is 0 Å². The molecule has 4 heteroatoms. The fourth-order valence-electron chi connectivity index (χ4n) is 1.40. The van der Waals surface area contributed by atoms with Gasteiger partial charge in [0, 0.05) is 0 Å². The summed E-state index contributed by atoms with van der Waals surface area (Å²) >= 11 is 0. The molecule has 0 saturated heterocycles. The SMILES string of the molecule is Cc1cccc2c(=O)[nH][nH]c(=O)c12. The maximum atomic E-state index is 11.3. The molecule has 0 spiro atoms. The van der Waals surface area contributed by atoms with E-state index >= 15 is 0 Å². The van der Waals surface area contributed by atoms with E-state index in [2.05, 4.69) is 10.2 Å². The number of aromatic nitrogens is 2. The summed E-state index contributed by atoms with van der Waals surface area (Å²) in [5.74, 6) is 0. The second-order valence-corrected chi connectivity index (χ2v) is 2.91. The Balaban J connectivity index is 3.19. The van der Waals surface area contributed by atoms with Crippen molar-refractivity contribution >= 4 is 10.8 Å². The third kappa shape index (κ3) is 1.07. The number of aryl methyl sites for hydroxylation is 1. The van der Waals surface area contributed by atoms with Crippen molar-refractivity contribution in [1.82, 2.24) is 10.2 Å². The van der Waals surface area contributed by atoms with Crippen LogP contribution in [0.1, 0.15) is 5.56 Å². The van der Waals surface area contributed by atoms with E-state index in [9.17, 15) is 9.59 Å². The lowest BCUT2D eigenvalue weighted by Crippen LogP contribution is -2.19. The fraction of sp³-hybridized carbons (Fsp3) is 0.111. The Kier molecular flexibility index (Phi) is 1.55. The van der Waals surface area contributed by atoms with E-state index in [-0.39, 0.29) is 11.1 Å². The highest BCUT2D eigenvalue weighted by molar-refractivity contribution is 5.83. The Morgan fingerprint density at radius 3 is 2.46 bits per heavy atom. The number of benzene rings is 1. The van der Waals surface area contributed by atoms with Crippen LogP contribution < -0.4 is 11.1 Å². The molecule has 0 radical (unpaired) electrons. The summed E-state index contributed by atoms with van der Waals surface area (Å²) in [7, 11) is 0. The second kappa shape index (κ2) is 2.58. The molecule has 2 aromatic rings. The van der Waals surface area contributed by atoms with Gasteiger partial charge >= 0.3 is 0 Å². The number of aromatic amines is 2. The molecular formula is C9H8N2O2. The molecule has 1 aromatic carbocycles. The summed E-state index contributed by atoms with van der Waals surface area (Å²) < 4.78 is 0. The van der Waals surface area contributed by atoms with Crippen molar-refractivity contribution in [2.45, 2.75) is 6.92 Å². The van der Waals surface area contributed by atoms with Crippen molar-refractivity contribution in [2.24, 2.45) is 0 Å². The topological polar surface area (TPSA) is 65.7 Å². The maximum Gasteiger partial charge on any atom is 0.270 e. The molecule has 66 valence electrons. The Hall–Kier alpha value is -1.84.